The molecule has 2 heterocycles. The van der Waals surface area contributed by atoms with E-state index in [1.54, 1.807) is 10.9 Å². The maximum Gasteiger partial charge on any atom is 0.222 e. The average molecular weight is 313 g/mol. The van der Waals surface area contributed by atoms with Gasteiger partial charge < -0.3 is 0 Å². The number of hydrogen-bond donors (Lipinski definition) is 0. The van der Waals surface area contributed by atoms with Crippen molar-refractivity contribution >= 4 is 33.0 Å². The number of carbonyl (C=O) groups excluding carboxylic acids is 1. The lowest BCUT2D eigenvalue weighted by Crippen LogP contribution is -2.13. The second kappa shape index (κ2) is 4.74. The van der Waals surface area contributed by atoms with E-state index in [2.05, 4.69) is 21.0 Å². The van der Waals surface area contributed by atoms with Crippen LogP contribution >= 0.6 is 27.3 Å². The molecular formula is C12H13BrN2OS. The summed E-state index contributed by atoms with van der Waals surface area (Å²) < 4.78 is 2.50. The quantitative estimate of drug-likeness (QED) is 0.807. The minimum atomic E-state index is 0.0289. The van der Waals surface area contributed by atoms with E-state index in [9.17, 15) is 4.79 Å². The van der Waals surface area contributed by atoms with Gasteiger partial charge in [0.25, 0.3) is 0 Å². The molecule has 2 rings (SSSR count). The zero-order valence-electron chi connectivity index (χ0n) is 9.90. The van der Waals surface area contributed by atoms with Gasteiger partial charge in [-0.15, -0.1) is 11.3 Å². The molecule has 0 spiro atoms. The van der Waals surface area contributed by atoms with E-state index in [1.165, 1.54) is 11.3 Å². The molecule has 2 aromatic rings. The Labute approximate surface area is 113 Å². The van der Waals surface area contributed by atoms with Crippen LogP contribution < -0.4 is 0 Å². The first kappa shape index (κ1) is 12.5. The Kier molecular flexibility index (Phi) is 3.49. The Balaban J connectivity index is 2.47. The van der Waals surface area contributed by atoms with Crippen LogP contribution in [0.2, 0.25) is 0 Å². The summed E-state index contributed by atoms with van der Waals surface area (Å²) >= 11 is 4.90. The third-order valence-electron chi connectivity index (χ3n) is 2.42. The van der Waals surface area contributed by atoms with Gasteiger partial charge >= 0.3 is 0 Å². The number of rotatable bonds is 3. The largest absolute Gasteiger partial charge is 0.286 e. The number of nitrogens with zero attached hydrogens (tertiary/aromatic N) is 2. The fraction of sp³-hybridized carbons (Fsp3) is 0.333. The second-order valence-electron chi connectivity index (χ2n) is 4.12. The van der Waals surface area contributed by atoms with Gasteiger partial charge in [0, 0.05) is 10.9 Å². The highest BCUT2D eigenvalue weighted by Gasteiger charge is 2.21. The van der Waals surface area contributed by atoms with Crippen molar-refractivity contribution < 1.29 is 4.79 Å². The molecule has 0 atom stereocenters. The van der Waals surface area contributed by atoms with Crippen LogP contribution in [0.3, 0.4) is 0 Å². The van der Waals surface area contributed by atoms with E-state index in [4.69, 9.17) is 0 Å². The molecule has 0 N–H and O–H groups in total. The summed E-state index contributed by atoms with van der Waals surface area (Å²) in [4.78, 5) is 14.3. The lowest BCUT2D eigenvalue weighted by Gasteiger charge is -2.09. The van der Waals surface area contributed by atoms with Crippen molar-refractivity contribution in [1.82, 2.24) is 9.78 Å². The Morgan fingerprint density at radius 2 is 2.18 bits per heavy atom. The molecule has 0 aliphatic carbocycles. The molecule has 0 amide bonds. The summed E-state index contributed by atoms with van der Waals surface area (Å²) in [5.41, 5.74) is 0.627. The van der Waals surface area contributed by atoms with Crippen LogP contribution in [0.4, 0.5) is 0 Å². The molecule has 0 aliphatic heterocycles. The molecule has 0 aromatic carbocycles. The van der Waals surface area contributed by atoms with Crippen LogP contribution in [-0.4, -0.2) is 15.6 Å². The van der Waals surface area contributed by atoms with Crippen LogP contribution in [0.25, 0.3) is 0 Å². The number of thiophene rings is 1. The Morgan fingerprint density at radius 1 is 1.47 bits per heavy atom. The van der Waals surface area contributed by atoms with Gasteiger partial charge in [-0.3, -0.25) is 9.48 Å². The van der Waals surface area contributed by atoms with Crippen molar-refractivity contribution in [3.05, 3.63) is 38.3 Å². The Morgan fingerprint density at radius 3 is 2.71 bits per heavy atom. The van der Waals surface area contributed by atoms with Crippen LogP contribution in [0, 0.1) is 6.92 Å². The monoisotopic (exact) mass is 312 g/mol. The minimum absolute atomic E-state index is 0.0289. The summed E-state index contributed by atoms with van der Waals surface area (Å²) in [5.74, 6) is 0.0289. The number of halogens is 1. The van der Waals surface area contributed by atoms with Crippen LogP contribution in [0.1, 0.15) is 40.1 Å². The van der Waals surface area contributed by atoms with Crippen LogP contribution in [0.5, 0.6) is 0 Å². The van der Waals surface area contributed by atoms with Crippen molar-refractivity contribution in [3.63, 3.8) is 0 Å². The van der Waals surface area contributed by atoms with Gasteiger partial charge in [-0.05, 0) is 48.8 Å². The molecule has 0 radical (unpaired) electrons. The molecule has 17 heavy (non-hydrogen) atoms. The molecule has 3 nitrogen and oxygen atoms in total. The SMILES string of the molecule is Cc1ccc(C(=O)c2c(Br)cnn2C(C)C)s1. The summed E-state index contributed by atoms with van der Waals surface area (Å²) in [6.07, 6.45) is 1.67. The molecule has 0 unspecified atom stereocenters. The van der Waals surface area contributed by atoms with E-state index in [1.807, 2.05) is 32.9 Å². The minimum Gasteiger partial charge on any atom is -0.286 e. The van der Waals surface area contributed by atoms with Gasteiger partial charge in [0.15, 0.2) is 0 Å². The predicted molar refractivity (Wildman–Crippen MR) is 72.8 cm³/mol. The van der Waals surface area contributed by atoms with Gasteiger partial charge in [0.1, 0.15) is 5.69 Å². The van der Waals surface area contributed by atoms with Gasteiger partial charge in [0.05, 0.1) is 15.5 Å². The number of aromatic nitrogens is 2. The fourth-order valence-corrected chi connectivity index (χ4v) is 2.88. The summed E-state index contributed by atoms with van der Waals surface area (Å²) in [6.45, 7) is 6.02. The fourth-order valence-electron chi connectivity index (χ4n) is 1.62. The van der Waals surface area contributed by atoms with E-state index >= 15 is 0 Å². The molecular weight excluding hydrogens is 300 g/mol. The molecule has 0 fully saturated rings. The van der Waals surface area contributed by atoms with Crippen molar-refractivity contribution in [2.45, 2.75) is 26.8 Å². The number of carbonyl (C=O) groups is 1. The van der Waals surface area contributed by atoms with Gasteiger partial charge in [-0.25, -0.2) is 0 Å². The molecule has 0 bridgehead atoms. The molecule has 5 heteroatoms. The first-order valence-electron chi connectivity index (χ1n) is 5.35. The number of hydrogen-bond acceptors (Lipinski definition) is 3. The summed E-state index contributed by atoms with van der Waals surface area (Å²) in [7, 11) is 0. The lowest BCUT2D eigenvalue weighted by molar-refractivity contribution is 0.103. The van der Waals surface area contributed by atoms with Crippen molar-refractivity contribution in [2.75, 3.05) is 0 Å². The van der Waals surface area contributed by atoms with Gasteiger partial charge in [-0.1, -0.05) is 0 Å². The lowest BCUT2D eigenvalue weighted by atomic mass is 10.2. The normalized spacial score (nSPS) is 11.1. The van der Waals surface area contributed by atoms with E-state index in [0.717, 1.165) is 14.2 Å². The molecule has 0 saturated heterocycles. The van der Waals surface area contributed by atoms with E-state index in [-0.39, 0.29) is 11.8 Å². The average Bonchev–Trinajstić information content (AvgIpc) is 2.83. The summed E-state index contributed by atoms with van der Waals surface area (Å²) in [5, 5.41) is 4.22. The van der Waals surface area contributed by atoms with Gasteiger partial charge in [0.2, 0.25) is 5.78 Å². The molecule has 2 aromatic heterocycles. The van der Waals surface area contributed by atoms with Crippen molar-refractivity contribution in [3.8, 4) is 0 Å². The number of aryl methyl sites for hydroxylation is 1. The van der Waals surface area contributed by atoms with Crippen molar-refractivity contribution in [1.29, 1.82) is 0 Å². The third-order valence-corrected chi connectivity index (χ3v) is 4.00. The van der Waals surface area contributed by atoms with Gasteiger partial charge in [-0.2, -0.15) is 5.10 Å². The van der Waals surface area contributed by atoms with E-state index in [0.29, 0.717) is 5.69 Å². The molecule has 0 aliphatic rings. The highest BCUT2D eigenvalue weighted by Crippen LogP contribution is 2.25. The Hall–Kier alpha value is -0.940. The standard InChI is InChI=1S/C12H13BrN2OS/c1-7(2)15-11(9(13)6-14-15)12(16)10-5-4-8(3)17-10/h4-7H,1-3H3. The predicted octanol–water partition coefficient (Wildman–Crippen LogP) is 3.83. The topological polar surface area (TPSA) is 34.9 Å². The Bertz CT molecular complexity index is 557. The third kappa shape index (κ3) is 2.35. The molecule has 0 saturated carbocycles. The summed E-state index contributed by atoms with van der Waals surface area (Å²) in [6, 6.07) is 4.00. The molecule has 90 valence electrons. The maximum absolute atomic E-state index is 12.4. The zero-order chi connectivity index (χ0) is 12.6. The zero-order valence-corrected chi connectivity index (χ0v) is 12.3. The second-order valence-corrected chi connectivity index (χ2v) is 6.26. The smallest absolute Gasteiger partial charge is 0.222 e. The first-order valence-corrected chi connectivity index (χ1v) is 6.95. The highest BCUT2D eigenvalue weighted by atomic mass is 79.9. The highest BCUT2D eigenvalue weighted by molar-refractivity contribution is 9.10. The van der Waals surface area contributed by atoms with Crippen LogP contribution in [0.15, 0.2) is 22.8 Å². The number of ketones is 1. The van der Waals surface area contributed by atoms with Crippen LogP contribution in [-0.2, 0) is 0 Å². The van der Waals surface area contributed by atoms with E-state index < -0.39 is 0 Å². The maximum atomic E-state index is 12.4. The first-order chi connectivity index (χ1) is 8.00. The van der Waals surface area contributed by atoms with Crippen molar-refractivity contribution in [2.24, 2.45) is 0 Å².